The third-order valence-corrected chi connectivity index (χ3v) is 5.93. The summed E-state index contributed by atoms with van der Waals surface area (Å²) in [5.41, 5.74) is 3.25. The number of imidazole rings is 1. The number of amides is 1. The molecule has 7 nitrogen and oxygen atoms in total. The molecule has 30 heavy (non-hydrogen) atoms. The van der Waals surface area contributed by atoms with Crippen LogP contribution < -0.4 is 15.9 Å². The number of hydrogen-bond donors (Lipinski definition) is 1. The highest BCUT2D eigenvalue weighted by atomic mass is 35.5. The Morgan fingerprint density at radius 2 is 1.73 bits per heavy atom. The van der Waals surface area contributed by atoms with Gasteiger partial charge in [0.25, 0.3) is 0 Å². The molecule has 1 fully saturated rings. The molecule has 1 amide bonds. The second kappa shape index (κ2) is 8.53. The van der Waals surface area contributed by atoms with Crippen molar-refractivity contribution in [3.05, 3.63) is 58.0 Å². The molecule has 3 aromatic rings. The minimum absolute atomic E-state index is 0.120. The number of fused-ring (bicyclic) bond motifs is 1. The Balaban J connectivity index is 1.49. The van der Waals surface area contributed by atoms with Crippen molar-refractivity contribution in [2.24, 2.45) is 7.05 Å². The van der Waals surface area contributed by atoms with E-state index in [2.05, 4.69) is 22.2 Å². The van der Waals surface area contributed by atoms with Crippen LogP contribution in [0.3, 0.4) is 0 Å². The monoisotopic (exact) mass is 427 g/mol. The minimum atomic E-state index is -0.146. The van der Waals surface area contributed by atoms with Crippen LogP contribution in [0.1, 0.15) is 6.42 Å². The first-order valence-electron chi connectivity index (χ1n) is 10.1. The fourth-order valence-corrected chi connectivity index (χ4v) is 4.11. The van der Waals surface area contributed by atoms with Gasteiger partial charge in [-0.25, -0.2) is 4.79 Å². The molecule has 4 rings (SSSR count). The highest BCUT2D eigenvalue weighted by molar-refractivity contribution is 6.31. The molecule has 8 heteroatoms. The Bertz CT molecular complexity index is 1130. The van der Waals surface area contributed by atoms with Gasteiger partial charge in [-0.15, -0.1) is 0 Å². The van der Waals surface area contributed by atoms with Crippen molar-refractivity contribution in [1.82, 2.24) is 14.0 Å². The van der Waals surface area contributed by atoms with Crippen LogP contribution in [-0.4, -0.2) is 53.2 Å². The topological polar surface area (TPSA) is 62.5 Å². The number of para-hydroxylation sites is 2. The standard InChI is InChI=1S/C22H26ClN5O2/c1-25-11-13-27(14-12-25)18-8-7-16(23)15-17(18)24-21(29)9-10-28-20-6-4-3-5-19(20)26(2)22(28)30/h3-8,15H,9-14H2,1-2H3,(H,24,29). The van der Waals surface area contributed by atoms with E-state index in [0.29, 0.717) is 17.3 Å². The average molecular weight is 428 g/mol. The molecule has 2 aromatic carbocycles. The van der Waals surface area contributed by atoms with Crippen molar-refractivity contribution in [3.63, 3.8) is 0 Å². The predicted octanol–water partition coefficient (Wildman–Crippen LogP) is 2.77. The molecule has 0 saturated carbocycles. The zero-order valence-electron chi connectivity index (χ0n) is 17.3. The van der Waals surface area contributed by atoms with E-state index >= 15 is 0 Å². The van der Waals surface area contributed by atoms with Crippen LogP contribution >= 0.6 is 11.6 Å². The Hall–Kier alpha value is -2.77. The summed E-state index contributed by atoms with van der Waals surface area (Å²) in [7, 11) is 3.85. The van der Waals surface area contributed by atoms with Gasteiger partial charge in [-0.05, 0) is 37.4 Å². The second-order valence-corrected chi connectivity index (χ2v) is 8.17. The Kier molecular flexibility index (Phi) is 5.83. The first kappa shape index (κ1) is 20.5. The van der Waals surface area contributed by atoms with Gasteiger partial charge < -0.3 is 15.1 Å². The summed E-state index contributed by atoms with van der Waals surface area (Å²) in [4.78, 5) is 29.8. The molecule has 0 radical (unpaired) electrons. The maximum absolute atomic E-state index is 12.7. The highest BCUT2D eigenvalue weighted by Gasteiger charge is 2.19. The number of piperazine rings is 1. The maximum atomic E-state index is 12.7. The molecule has 2 heterocycles. The van der Waals surface area contributed by atoms with E-state index in [1.54, 1.807) is 22.2 Å². The first-order chi connectivity index (χ1) is 14.4. The van der Waals surface area contributed by atoms with E-state index in [1.807, 2.05) is 36.4 Å². The average Bonchev–Trinajstić information content (AvgIpc) is 2.98. The summed E-state index contributed by atoms with van der Waals surface area (Å²) < 4.78 is 3.25. The first-order valence-corrected chi connectivity index (χ1v) is 10.5. The fraction of sp³-hybridized carbons (Fsp3) is 0.364. The molecule has 158 valence electrons. The van der Waals surface area contributed by atoms with Gasteiger partial charge in [-0.3, -0.25) is 13.9 Å². The smallest absolute Gasteiger partial charge is 0.328 e. The SMILES string of the molecule is CN1CCN(c2ccc(Cl)cc2NC(=O)CCn2c(=O)n(C)c3ccccc32)CC1. The lowest BCUT2D eigenvalue weighted by Crippen LogP contribution is -2.44. The van der Waals surface area contributed by atoms with Crippen LogP contribution in [0.4, 0.5) is 11.4 Å². The molecule has 1 aliphatic rings. The summed E-state index contributed by atoms with van der Waals surface area (Å²) in [6.07, 6.45) is 0.197. The van der Waals surface area contributed by atoms with E-state index in [9.17, 15) is 9.59 Å². The zero-order valence-corrected chi connectivity index (χ0v) is 18.0. The predicted molar refractivity (Wildman–Crippen MR) is 122 cm³/mol. The lowest BCUT2D eigenvalue weighted by molar-refractivity contribution is -0.116. The minimum Gasteiger partial charge on any atom is -0.367 e. The molecule has 0 aliphatic carbocycles. The number of aromatic nitrogens is 2. The number of halogens is 1. The fourth-order valence-electron chi connectivity index (χ4n) is 3.94. The van der Waals surface area contributed by atoms with Gasteiger partial charge in [0, 0.05) is 51.2 Å². The molecule has 0 unspecified atom stereocenters. The Morgan fingerprint density at radius 1 is 1.03 bits per heavy atom. The number of anilines is 2. The molecule has 0 atom stereocenters. The third-order valence-electron chi connectivity index (χ3n) is 5.69. The molecular weight excluding hydrogens is 402 g/mol. The number of carbonyl (C=O) groups excluding carboxylic acids is 1. The van der Waals surface area contributed by atoms with E-state index in [1.165, 1.54) is 0 Å². The van der Waals surface area contributed by atoms with Gasteiger partial charge in [-0.2, -0.15) is 0 Å². The van der Waals surface area contributed by atoms with Crippen LogP contribution in [-0.2, 0) is 18.4 Å². The molecule has 0 spiro atoms. The van der Waals surface area contributed by atoms with Crippen LogP contribution in [0.5, 0.6) is 0 Å². The summed E-state index contributed by atoms with van der Waals surface area (Å²) in [5, 5.41) is 3.58. The molecule has 1 aromatic heterocycles. The summed E-state index contributed by atoms with van der Waals surface area (Å²) in [5.74, 6) is -0.146. The molecule has 1 aliphatic heterocycles. The van der Waals surface area contributed by atoms with Crippen molar-refractivity contribution in [1.29, 1.82) is 0 Å². The van der Waals surface area contributed by atoms with E-state index < -0.39 is 0 Å². The van der Waals surface area contributed by atoms with Crippen molar-refractivity contribution in [2.75, 3.05) is 43.4 Å². The van der Waals surface area contributed by atoms with Gasteiger partial charge in [0.1, 0.15) is 0 Å². The van der Waals surface area contributed by atoms with Crippen LogP contribution in [0, 0.1) is 0 Å². The normalized spacial score (nSPS) is 15.0. The Morgan fingerprint density at radius 3 is 2.47 bits per heavy atom. The van der Waals surface area contributed by atoms with Gasteiger partial charge in [0.05, 0.1) is 22.4 Å². The summed E-state index contributed by atoms with van der Waals surface area (Å²) in [6.45, 7) is 4.05. The molecular formula is C22H26ClN5O2. The number of carbonyl (C=O) groups is 1. The second-order valence-electron chi connectivity index (χ2n) is 7.73. The van der Waals surface area contributed by atoms with Crippen molar-refractivity contribution in [3.8, 4) is 0 Å². The number of benzene rings is 2. The number of nitrogens with zero attached hydrogens (tertiary/aromatic N) is 4. The molecule has 1 saturated heterocycles. The van der Waals surface area contributed by atoms with E-state index in [-0.39, 0.29) is 18.0 Å². The molecule has 0 bridgehead atoms. The lowest BCUT2D eigenvalue weighted by atomic mass is 10.2. The quantitative estimate of drug-likeness (QED) is 0.680. The Labute approximate surface area is 180 Å². The van der Waals surface area contributed by atoms with Gasteiger partial charge >= 0.3 is 5.69 Å². The maximum Gasteiger partial charge on any atom is 0.328 e. The van der Waals surface area contributed by atoms with Gasteiger partial charge in [0.15, 0.2) is 0 Å². The van der Waals surface area contributed by atoms with Crippen molar-refractivity contribution in [2.45, 2.75) is 13.0 Å². The number of rotatable bonds is 5. The van der Waals surface area contributed by atoms with Crippen LogP contribution in [0.25, 0.3) is 11.0 Å². The van der Waals surface area contributed by atoms with Gasteiger partial charge in [-0.1, -0.05) is 23.7 Å². The van der Waals surface area contributed by atoms with Crippen molar-refractivity contribution < 1.29 is 4.79 Å². The van der Waals surface area contributed by atoms with E-state index in [4.69, 9.17) is 11.6 Å². The molecule has 1 N–H and O–H groups in total. The van der Waals surface area contributed by atoms with Crippen LogP contribution in [0.2, 0.25) is 5.02 Å². The lowest BCUT2D eigenvalue weighted by Gasteiger charge is -2.35. The number of nitrogens with one attached hydrogen (secondary N) is 1. The van der Waals surface area contributed by atoms with Crippen LogP contribution in [0.15, 0.2) is 47.3 Å². The van der Waals surface area contributed by atoms with E-state index in [0.717, 1.165) is 42.9 Å². The highest BCUT2D eigenvalue weighted by Crippen LogP contribution is 2.30. The van der Waals surface area contributed by atoms with Gasteiger partial charge in [0.2, 0.25) is 5.91 Å². The number of aryl methyl sites for hydroxylation is 2. The van der Waals surface area contributed by atoms with Crippen molar-refractivity contribution >= 4 is 39.9 Å². The zero-order chi connectivity index (χ0) is 21.3. The number of hydrogen-bond acceptors (Lipinski definition) is 4. The summed E-state index contributed by atoms with van der Waals surface area (Å²) >= 11 is 6.20. The number of likely N-dealkylation sites (N-methyl/N-ethyl adjacent to an activating group) is 1. The summed E-state index contributed by atoms with van der Waals surface area (Å²) in [6, 6.07) is 13.2. The largest absolute Gasteiger partial charge is 0.367 e. The third kappa shape index (κ3) is 4.08.